The maximum atomic E-state index is 5.80. The van der Waals surface area contributed by atoms with E-state index in [0.29, 0.717) is 6.61 Å². The Labute approximate surface area is 153 Å². The van der Waals surface area contributed by atoms with Crippen LogP contribution in [0.2, 0.25) is 0 Å². The lowest BCUT2D eigenvalue weighted by Gasteiger charge is -2.08. The van der Waals surface area contributed by atoms with Gasteiger partial charge >= 0.3 is 0 Å². The largest absolute Gasteiger partial charge is 0.494 e. The molecule has 0 saturated heterocycles. The molecule has 2 rings (SSSR count). The normalized spacial score (nSPS) is 10.7. The predicted molar refractivity (Wildman–Crippen MR) is 100 cm³/mol. The van der Waals surface area contributed by atoms with E-state index in [1.807, 2.05) is 24.3 Å². The molecule has 0 N–H and O–H groups in total. The van der Waals surface area contributed by atoms with E-state index in [1.54, 1.807) is 11.3 Å². The lowest BCUT2D eigenvalue weighted by atomic mass is 10.2. The summed E-state index contributed by atoms with van der Waals surface area (Å²) < 4.78 is 13.7. The van der Waals surface area contributed by atoms with Crippen LogP contribution >= 0.6 is 43.2 Å². The highest BCUT2D eigenvalue weighted by Crippen LogP contribution is 2.32. The molecule has 22 heavy (non-hydrogen) atoms. The van der Waals surface area contributed by atoms with Crippen LogP contribution < -0.4 is 9.47 Å². The lowest BCUT2D eigenvalue weighted by Crippen LogP contribution is -1.98. The van der Waals surface area contributed by atoms with E-state index in [4.69, 9.17) is 9.47 Å². The highest BCUT2D eigenvalue weighted by molar-refractivity contribution is 9.12. The van der Waals surface area contributed by atoms with Crippen molar-refractivity contribution in [1.29, 1.82) is 0 Å². The molecule has 5 heteroatoms. The summed E-state index contributed by atoms with van der Waals surface area (Å²) in [6.45, 7) is 3.56. The summed E-state index contributed by atoms with van der Waals surface area (Å²) in [5.41, 5.74) is 1.15. The van der Waals surface area contributed by atoms with E-state index < -0.39 is 0 Å². The number of hydrogen-bond acceptors (Lipinski definition) is 3. The van der Waals surface area contributed by atoms with E-state index in [9.17, 15) is 0 Å². The van der Waals surface area contributed by atoms with Gasteiger partial charge < -0.3 is 9.47 Å². The van der Waals surface area contributed by atoms with Crippen LogP contribution in [0.15, 0.2) is 37.9 Å². The third kappa shape index (κ3) is 5.94. The monoisotopic (exact) mass is 446 g/mol. The maximum Gasteiger partial charge on any atom is 0.120 e. The second-order valence-electron chi connectivity index (χ2n) is 5.02. The Morgan fingerprint density at radius 3 is 2.23 bits per heavy atom. The van der Waals surface area contributed by atoms with E-state index in [2.05, 4.69) is 44.8 Å². The Bertz CT molecular complexity index is 567. The van der Waals surface area contributed by atoms with Crippen molar-refractivity contribution in [3.05, 3.63) is 43.5 Å². The minimum Gasteiger partial charge on any atom is -0.494 e. The van der Waals surface area contributed by atoms with Crippen LogP contribution in [0.4, 0.5) is 0 Å². The SMILES string of the molecule is CCCCCCOc1ccc(OCc2cc(Br)sc2Br)cc1. The Kier molecular flexibility index (Phi) is 7.76. The van der Waals surface area contributed by atoms with E-state index in [0.717, 1.165) is 37.7 Å². The summed E-state index contributed by atoms with van der Waals surface area (Å²) in [4.78, 5) is 0. The van der Waals surface area contributed by atoms with Gasteiger partial charge in [-0.05, 0) is 68.6 Å². The van der Waals surface area contributed by atoms with Crippen LogP contribution in [-0.4, -0.2) is 6.61 Å². The highest BCUT2D eigenvalue weighted by Gasteiger charge is 2.06. The summed E-state index contributed by atoms with van der Waals surface area (Å²) in [5, 5.41) is 0. The molecule has 1 aromatic heterocycles. The molecule has 2 nitrogen and oxygen atoms in total. The van der Waals surface area contributed by atoms with Crippen LogP contribution in [0.3, 0.4) is 0 Å². The molecular formula is C17H20Br2O2S. The Hall–Kier alpha value is -0.520. The summed E-state index contributed by atoms with van der Waals surface area (Å²) in [7, 11) is 0. The second-order valence-corrected chi connectivity index (χ2v) is 8.77. The molecule has 0 aliphatic rings. The van der Waals surface area contributed by atoms with Crippen LogP contribution in [0, 0.1) is 0 Å². The van der Waals surface area contributed by atoms with Crippen molar-refractivity contribution in [2.75, 3.05) is 6.61 Å². The molecule has 0 bridgehead atoms. The summed E-state index contributed by atoms with van der Waals surface area (Å²) in [6.07, 6.45) is 4.89. The van der Waals surface area contributed by atoms with Gasteiger partial charge in [-0.3, -0.25) is 0 Å². The van der Waals surface area contributed by atoms with Crippen molar-refractivity contribution in [2.45, 2.75) is 39.2 Å². The number of hydrogen-bond donors (Lipinski definition) is 0. The molecule has 2 aromatic rings. The van der Waals surface area contributed by atoms with Crippen LogP contribution in [0.5, 0.6) is 11.5 Å². The predicted octanol–water partition coefficient (Wildman–Crippen LogP) is 6.81. The van der Waals surface area contributed by atoms with Gasteiger partial charge in [0.15, 0.2) is 0 Å². The Morgan fingerprint density at radius 1 is 0.955 bits per heavy atom. The van der Waals surface area contributed by atoms with Gasteiger partial charge in [0.1, 0.15) is 18.1 Å². The molecule has 0 aliphatic carbocycles. The first kappa shape index (κ1) is 17.8. The molecule has 1 heterocycles. The van der Waals surface area contributed by atoms with E-state index in [-0.39, 0.29) is 0 Å². The molecular weight excluding hydrogens is 428 g/mol. The first-order valence-electron chi connectivity index (χ1n) is 7.48. The Balaban J connectivity index is 1.75. The van der Waals surface area contributed by atoms with Crippen LogP contribution in [0.1, 0.15) is 38.2 Å². The standard InChI is InChI=1S/C17H20Br2O2S/c1-2-3-4-5-10-20-14-6-8-15(9-7-14)21-12-13-11-16(18)22-17(13)19/h6-9,11H,2-5,10,12H2,1H3. The average Bonchev–Trinajstić information content (AvgIpc) is 2.84. The zero-order valence-corrected chi connectivity index (χ0v) is 16.6. The summed E-state index contributed by atoms with van der Waals surface area (Å²) in [6, 6.07) is 9.91. The zero-order valence-electron chi connectivity index (χ0n) is 12.6. The molecule has 120 valence electrons. The number of unbranched alkanes of at least 4 members (excludes halogenated alkanes) is 3. The molecule has 0 saturated carbocycles. The summed E-state index contributed by atoms with van der Waals surface area (Å²) in [5.74, 6) is 1.76. The van der Waals surface area contributed by atoms with Crippen molar-refractivity contribution >= 4 is 43.2 Å². The van der Waals surface area contributed by atoms with E-state index in [1.165, 1.54) is 19.3 Å². The second kappa shape index (κ2) is 9.58. The van der Waals surface area contributed by atoms with Crippen molar-refractivity contribution in [2.24, 2.45) is 0 Å². The van der Waals surface area contributed by atoms with Gasteiger partial charge in [0, 0.05) is 5.56 Å². The molecule has 0 spiro atoms. The van der Waals surface area contributed by atoms with E-state index >= 15 is 0 Å². The van der Waals surface area contributed by atoms with Gasteiger partial charge in [-0.2, -0.15) is 0 Å². The van der Waals surface area contributed by atoms with Gasteiger partial charge in [-0.15, -0.1) is 11.3 Å². The first-order valence-corrected chi connectivity index (χ1v) is 9.88. The van der Waals surface area contributed by atoms with Gasteiger partial charge in [0.25, 0.3) is 0 Å². The number of rotatable bonds is 9. The molecule has 0 fully saturated rings. The maximum absolute atomic E-state index is 5.80. The van der Waals surface area contributed by atoms with Crippen molar-refractivity contribution in [3.63, 3.8) is 0 Å². The van der Waals surface area contributed by atoms with Crippen LogP contribution in [0.25, 0.3) is 0 Å². The fourth-order valence-electron chi connectivity index (χ4n) is 1.98. The van der Waals surface area contributed by atoms with Gasteiger partial charge in [-0.1, -0.05) is 26.2 Å². The molecule has 1 aromatic carbocycles. The van der Waals surface area contributed by atoms with Gasteiger partial charge in [0.05, 0.1) is 14.2 Å². The fourth-order valence-corrected chi connectivity index (χ4v) is 4.77. The van der Waals surface area contributed by atoms with Gasteiger partial charge in [0.2, 0.25) is 0 Å². The third-order valence-corrected chi connectivity index (χ3v) is 5.68. The zero-order chi connectivity index (χ0) is 15.8. The summed E-state index contributed by atoms with van der Waals surface area (Å²) >= 11 is 8.67. The highest BCUT2D eigenvalue weighted by atomic mass is 79.9. The van der Waals surface area contributed by atoms with Gasteiger partial charge in [-0.25, -0.2) is 0 Å². The Morgan fingerprint density at radius 2 is 1.64 bits per heavy atom. The number of thiophene rings is 1. The quantitative estimate of drug-likeness (QED) is 0.393. The minimum absolute atomic E-state index is 0.555. The van der Waals surface area contributed by atoms with Crippen LogP contribution in [-0.2, 0) is 6.61 Å². The smallest absolute Gasteiger partial charge is 0.120 e. The number of benzene rings is 1. The lowest BCUT2D eigenvalue weighted by molar-refractivity contribution is 0.297. The fraction of sp³-hybridized carbons (Fsp3) is 0.412. The molecule has 0 unspecified atom stereocenters. The molecule has 0 aliphatic heterocycles. The average molecular weight is 448 g/mol. The van der Waals surface area contributed by atoms with Crippen molar-refractivity contribution in [3.8, 4) is 11.5 Å². The molecule has 0 atom stereocenters. The topological polar surface area (TPSA) is 18.5 Å². The van der Waals surface area contributed by atoms with Crippen molar-refractivity contribution in [1.82, 2.24) is 0 Å². The third-order valence-electron chi connectivity index (χ3n) is 3.21. The number of ether oxygens (including phenoxy) is 2. The first-order chi connectivity index (χ1) is 10.7. The number of halogens is 2. The van der Waals surface area contributed by atoms with Crippen molar-refractivity contribution < 1.29 is 9.47 Å². The minimum atomic E-state index is 0.555. The molecule has 0 radical (unpaired) electrons. The molecule has 0 amide bonds.